The summed E-state index contributed by atoms with van der Waals surface area (Å²) in [6, 6.07) is 4.46. The van der Waals surface area contributed by atoms with Gasteiger partial charge < -0.3 is 5.32 Å². The first kappa shape index (κ1) is 14.8. The average molecular weight is 273 g/mol. The van der Waals surface area contributed by atoms with Gasteiger partial charge in [0, 0.05) is 24.0 Å². The minimum atomic E-state index is 0.517. The summed E-state index contributed by atoms with van der Waals surface area (Å²) in [5.74, 6) is 0. The molecule has 1 aromatic rings. The Bertz CT molecular complexity index is 316. The number of nitrogens with one attached hydrogen (secondary N) is 1. The molecule has 2 atom stereocenters. The second-order valence-corrected chi connectivity index (χ2v) is 6.24. The zero-order valence-electron chi connectivity index (χ0n) is 10.7. The fraction of sp³-hybridized carbons (Fsp3) is 0.615. The van der Waals surface area contributed by atoms with Gasteiger partial charge in [-0.1, -0.05) is 31.9 Å². The molecule has 0 aliphatic heterocycles. The Hall–Kier alpha value is -0.250. The molecule has 0 spiro atoms. The molecule has 4 heteroatoms. The van der Waals surface area contributed by atoms with Crippen molar-refractivity contribution >= 4 is 23.4 Å². The summed E-state index contributed by atoms with van der Waals surface area (Å²) in [7, 11) is 0. The van der Waals surface area contributed by atoms with E-state index in [1.165, 1.54) is 12.8 Å². The van der Waals surface area contributed by atoms with Crippen LogP contribution < -0.4 is 5.32 Å². The maximum absolute atomic E-state index is 5.80. The molecule has 0 saturated carbocycles. The maximum Gasteiger partial charge on any atom is 0.0964 e. The van der Waals surface area contributed by atoms with E-state index < -0.39 is 0 Å². The first-order valence-corrected chi connectivity index (χ1v) is 7.39. The Morgan fingerprint density at radius 2 is 2.18 bits per heavy atom. The largest absolute Gasteiger partial charge is 0.313 e. The molecule has 0 aliphatic rings. The van der Waals surface area contributed by atoms with Gasteiger partial charge in [0.15, 0.2) is 0 Å². The first-order chi connectivity index (χ1) is 8.11. The van der Waals surface area contributed by atoms with Crippen LogP contribution >= 0.6 is 23.4 Å². The van der Waals surface area contributed by atoms with Crippen molar-refractivity contribution in [2.75, 3.05) is 6.54 Å². The molecule has 2 unspecified atom stereocenters. The SMILES string of the molecule is CCCC(C)NCC(C)Sc1ccc(Cl)cn1. The highest BCUT2D eigenvalue weighted by Crippen LogP contribution is 2.21. The van der Waals surface area contributed by atoms with Gasteiger partial charge in [-0.25, -0.2) is 4.98 Å². The third-order valence-electron chi connectivity index (χ3n) is 2.50. The van der Waals surface area contributed by atoms with Crippen molar-refractivity contribution in [1.29, 1.82) is 0 Å². The van der Waals surface area contributed by atoms with Gasteiger partial charge in [-0.3, -0.25) is 0 Å². The van der Waals surface area contributed by atoms with E-state index in [0.29, 0.717) is 16.3 Å². The molecule has 0 fully saturated rings. The standard InChI is InChI=1S/C13H21ClN2S/c1-4-5-10(2)15-8-11(3)17-13-7-6-12(14)9-16-13/h6-7,9-11,15H,4-5,8H2,1-3H3. The van der Waals surface area contributed by atoms with Crippen molar-refractivity contribution in [3.8, 4) is 0 Å². The van der Waals surface area contributed by atoms with Crippen LogP contribution in [-0.4, -0.2) is 22.8 Å². The fourth-order valence-corrected chi connectivity index (χ4v) is 2.55. The smallest absolute Gasteiger partial charge is 0.0964 e. The number of rotatable bonds is 7. The summed E-state index contributed by atoms with van der Waals surface area (Å²) in [6.07, 6.45) is 4.16. The summed E-state index contributed by atoms with van der Waals surface area (Å²) in [6.45, 7) is 7.68. The van der Waals surface area contributed by atoms with Gasteiger partial charge in [0.25, 0.3) is 0 Å². The van der Waals surface area contributed by atoms with Gasteiger partial charge in [0.1, 0.15) is 0 Å². The zero-order valence-corrected chi connectivity index (χ0v) is 12.3. The molecular formula is C13H21ClN2S. The van der Waals surface area contributed by atoms with E-state index in [2.05, 4.69) is 31.1 Å². The highest BCUT2D eigenvalue weighted by atomic mass is 35.5. The van der Waals surface area contributed by atoms with Crippen molar-refractivity contribution in [2.24, 2.45) is 0 Å². The molecule has 0 aliphatic carbocycles. The highest BCUT2D eigenvalue weighted by molar-refractivity contribution is 7.99. The molecular weight excluding hydrogens is 252 g/mol. The molecule has 1 heterocycles. The van der Waals surface area contributed by atoms with E-state index in [-0.39, 0.29) is 0 Å². The van der Waals surface area contributed by atoms with Crippen LogP contribution in [0.25, 0.3) is 0 Å². The van der Waals surface area contributed by atoms with Gasteiger partial charge in [0.05, 0.1) is 10.0 Å². The zero-order chi connectivity index (χ0) is 12.7. The van der Waals surface area contributed by atoms with Crippen molar-refractivity contribution in [3.05, 3.63) is 23.4 Å². The van der Waals surface area contributed by atoms with Crippen molar-refractivity contribution in [3.63, 3.8) is 0 Å². The van der Waals surface area contributed by atoms with Crippen LogP contribution in [0.3, 0.4) is 0 Å². The van der Waals surface area contributed by atoms with Gasteiger partial charge in [0.2, 0.25) is 0 Å². The van der Waals surface area contributed by atoms with Crippen LogP contribution in [0.5, 0.6) is 0 Å². The predicted molar refractivity (Wildman–Crippen MR) is 76.9 cm³/mol. The molecule has 0 amide bonds. The van der Waals surface area contributed by atoms with Crippen LogP contribution in [0, 0.1) is 0 Å². The fourth-order valence-electron chi connectivity index (χ4n) is 1.58. The van der Waals surface area contributed by atoms with E-state index in [4.69, 9.17) is 11.6 Å². The molecule has 0 aromatic carbocycles. The molecule has 0 bridgehead atoms. The molecule has 1 aromatic heterocycles. The lowest BCUT2D eigenvalue weighted by molar-refractivity contribution is 0.511. The molecule has 17 heavy (non-hydrogen) atoms. The third kappa shape index (κ3) is 6.29. The number of hydrogen-bond donors (Lipinski definition) is 1. The molecule has 2 nitrogen and oxygen atoms in total. The second kappa shape index (κ2) is 7.96. The second-order valence-electron chi connectivity index (χ2n) is 4.34. The molecule has 1 N–H and O–H groups in total. The summed E-state index contributed by atoms with van der Waals surface area (Å²) >= 11 is 7.58. The molecule has 1 rings (SSSR count). The van der Waals surface area contributed by atoms with Crippen molar-refractivity contribution < 1.29 is 0 Å². The number of thioether (sulfide) groups is 1. The summed E-state index contributed by atoms with van der Waals surface area (Å²) in [5, 5.41) is 5.78. The van der Waals surface area contributed by atoms with Crippen LogP contribution in [0.1, 0.15) is 33.6 Å². The number of nitrogens with zero attached hydrogens (tertiary/aromatic N) is 1. The van der Waals surface area contributed by atoms with E-state index in [1.54, 1.807) is 18.0 Å². The predicted octanol–water partition coefficient (Wildman–Crippen LogP) is 3.99. The van der Waals surface area contributed by atoms with Crippen LogP contribution in [0.15, 0.2) is 23.4 Å². The van der Waals surface area contributed by atoms with Gasteiger partial charge in [-0.15, -0.1) is 11.8 Å². The van der Waals surface area contributed by atoms with Gasteiger partial charge in [-0.05, 0) is 25.5 Å². The van der Waals surface area contributed by atoms with Crippen LogP contribution in [0.4, 0.5) is 0 Å². The summed E-state index contributed by atoms with van der Waals surface area (Å²) < 4.78 is 0. The Morgan fingerprint density at radius 1 is 1.41 bits per heavy atom. The average Bonchev–Trinajstić information content (AvgIpc) is 2.30. The van der Waals surface area contributed by atoms with Crippen molar-refractivity contribution in [1.82, 2.24) is 10.3 Å². The summed E-state index contributed by atoms with van der Waals surface area (Å²) in [5.41, 5.74) is 0. The Morgan fingerprint density at radius 3 is 2.76 bits per heavy atom. The maximum atomic E-state index is 5.80. The number of halogens is 1. The van der Waals surface area contributed by atoms with Gasteiger partial charge >= 0.3 is 0 Å². The Balaban J connectivity index is 2.29. The lowest BCUT2D eigenvalue weighted by Gasteiger charge is -2.16. The minimum absolute atomic E-state index is 0.517. The van der Waals surface area contributed by atoms with E-state index in [9.17, 15) is 0 Å². The topological polar surface area (TPSA) is 24.9 Å². The monoisotopic (exact) mass is 272 g/mol. The van der Waals surface area contributed by atoms with E-state index in [1.807, 2.05) is 12.1 Å². The number of pyridine rings is 1. The minimum Gasteiger partial charge on any atom is -0.313 e. The van der Waals surface area contributed by atoms with E-state index in [0.717, 1.165) is 11.6 Å². The Labute approximate surface area is 114 Å². The van der Waals surface area contributed by atoms with Crippen LogP contribution in [-0.2, 0) is 0 Å². The molecule has 0 radical (unpaired) electrons. The lowest BCUT2D eigenvalue weighted by Crippen LogP contribution is -2.31. The van der Waals surface area contributed by atoms with Gasteiger partial charge in [-0.2, -0.15) is 0 Å². The van der Waals surface area contributed by atoms with Crippen molar-refractivity contribution in [2.45, 2.75) is 49.9 Å². The van der Waals surface area contributed by atoms with E-state index >= 15 is 0 Å². The Kier molecular flexibility index (Phi) is 6.93. The number of hydrogen-bond acceptors (Lipinski definition) is 3. The summed E-state index contributed by atoms with van der Waals surface area (Å²) in [4.78, 5) is 4.28. The number of aromatic nitrogens is 1. The normalized spacial score (nSPS) is 14.6. The van der Waals surface area contributed by atoms with Crippen LogP contribution in [0.2, 0.25) is 5.02 Å². The third-order valence-corrected chi connectivity index (χ3v) is 3.77. The quantitative estimate of drug-likeness (QED) is 0.760. The highest BCUT2D eigenvalue weighted by Gasteiger charge is 2.07. The molecule has 96 valence electrons. The lowest BCUT2D eigenvalue weighted by atomic mass is 10.2. The molecule has 0 saturated heterocycles. The first-order valence-electron chi connectivity index (χ1n) is 6.13.